The number of nitrogen functional groups attached to an aromatic ring is 1. The summed E-state index contributed by atoms with van der Waals surface area (Å²) in [4.78, 5) is 0. The lowest BCUT2D eigenvalue weighted by Gasteiger charge is -2.08. The molecule has 0 aliphatic carbocycles. The summed E-state index contributed by atoms with van der Waals surface area (Å²) in [6.07, 6.45) is 1.60. The molecule has 7 nitrogen and oxygen atoms in total. The highest BCUT2D eigenvalue weighted by Crippen LogP contribution is 2.26. The third-order valence-electron chi connectivity index (χ3n) is 4.39. The Balaban J connectivity index is 1.79. The number of benzene rings is 2. The van der Waals surface area contributed by atoms with Crippen molar-refractivity contribution in [2.75, 3.05) is 12.3 Å². The zero-order chi connectivity index (χ0) is 22.4. The Morgan fingerprint density at radius 2 is 1.94 bits per heavy atom. The van der Waals surface area contributed by atoms with Gasteiger partial charge < -0.3 is 15.6 Å². The second kappa shape index (κ2) is 10.0. The van der Waals surface area contributed by atoms with E-state index < -0.39 is 0 Å². The molecule has 0 spiro atoms. The van der Waals surface area contributed by atoms with Crippen LogP contribution in [-0.4, -0.2) is 21.5 Å². The van der Waals surface area contributed by atoms with Gasteiger partial charge in [0.1, 0.15) is 41.6 Å². The summed E-state index contributed by atoms with van der Waals surface area (Å²) in [5, 5.41) is 33.4. The number of aliphatic hydroxyl groups is 1. The largest absolute Gasteiger partial charge is 0.489 e. The maximum atomic E-state index is 9.59. The fourth-order valence-electron chi connectivity index (χ4n) is 2.82. The highest BCUT2D eigenvalue weighted by atomic mass is 35.5. The monoisotopic (exact) mass is 453 g/mol. The molecule has 3 aromatic rings. The van der Waals surface area contributed by atoms with Gasteiger partial charge in [0.05, 0.1) is 18.7 Å². The smallest absolute Gasteiger partial charge is 0.140 e. The maximum Gasteiger partial charge on any atom is 0.140 e. The first-order valence-corrected chi connectivity index (χ1v) is 9.88. The van der Waals surface area contributed by atoms with Crippen molar-refractivity contribution in [1.82, 2.24) is 9.78 Å². The molecule has 1 heterocycles. The van der Waals surface area contributed by atoms with E-state index in [2.05, 4.69) is 11.2 Å². The minimum atomic E-state index is -0.190. The lowest BCUT2D eigenvalue weighted by Crippen LogP contribution is -2.07. The van der Waals surface area contributed by atoms with Gasteiger partial charge in [-0.2, -0.15) is 15.6 Å². The van der Waals surface area contributed by atoms with Crippen LogP contribution in [0, 0.1) is 22.7 Å². The minimum Gasteiger partial charge on any atom is -0.489 e. The second-order valence-corrected chi connectivity index (χ2v) is 7.27. The molecule has 156 valence electrons. The Hall–Kier alpha value is -3.49. The zero-order valence-electron chi connectivity index (χ0n) is 16.2. The molecule has 9 heteroatoms. The van der Waals surface area contributed by atoms with E-state index >= 15 is 0 Å². The molecular weight excluding hydrogens is 437 g/mol. The molecule has 3 N–H and O–H groups in total. The van der Waals surface area contributed by atoms with Gasteiger partial charge >= 0.3 is 0 Å². The third-order valence-corrected chi connectivity index (χ3v) is 4.98. The third kappa shape index (κ3) is 5.17. The number of aromatic nitrogens is 2. The number of nitrogens with zero attached hydrogens (tertiary/aromatic N) is 4. The number of nitriles is 2. The Kier molecular flexibility index (Phi) is 7.17. The molecular formula is C22H17Cl2N5O2. The first-order chi connectivity index (χ1) is 15.0. The Bertz CT molecular complexity index is 1200. The van der Waals surface area contributed by atoms with Gasteiger partial charge in [0.2, 0.25) is 0 Å². The highest BCUT2D eigenvalue weighted by Gasteiger charge is 2.18. The zero-order valence-corrected chi connectivity index (χ0v) is 17.7. The molecule has 0 aliphatic heterocycles. The lowest BCUT2D eigenvalue weighted by molar-refractivity contribution is 0.270. The van der Waals surface area contributed by atoms with Crippen LogP contribution in [0.2, 0.25) is 10.0 Å². The average molecular weight is 454 g/mol. The van der Waals surface area contributed by atoms with Gasteiger partial charge in [-0.1, -0.05) is 41.4 Å². The van der Waals surface area contributed by atoms with Crippen molar-refractivity contribution in [3.05, 3.63) is 74.9 Å². The number of hydrogen-bond acceptors (Lipinski definition) is 6. The fourth-order valence-corrected chi connectivity index (χ4v) is 3.28. The van der Waals surface area contributed by atoms with Crippen LogP contribution in [0.15, 0.2) is 42.5 Å². The summed E-state index contributed by atoms with van der Waals surface area (Å²) in [5.74, 6) is 0.730. The molecule has 0 radical (unpaired) electrons. The lowest BCUT2D eigenvalue weighted by atomic mass is 10.1. The van der Waals surface area contributed by atoms with Crippen molar-refractivity contribution in [2.24, 2.45) is 0 Å². The number of anilines is 1. The summed E-state index contributed by atoms with van der Waals surface area (Å²) in [5.41, 5.74) is 7.88. The van der Waals surface area contributed by atoms with Crippen LogP contribution < -0.4 is 10.5 Å². The number of hydrogen-bond donors (Lipinski definition) is 2. The molecule has 0 atom stereocenters. The predicted octanol–water partition coefficient (Wildman–Crippen LogP) is 4.28. The van der Waals surface area contributed by atoms with Crippen molar-refractivity contribution in [1.29, 1.82) is 10.5 Å². The van der Waals surface area contributed by atoms with Crippen molar-refractivity contribution in [2.45, 2.75) is 13.2 Å². The van der Waals surface area contributed by atoms with Gasteiger partial charge in [0, 0.05) is 15.6 Å². The number of ether oxygens (including phenoxy) is 1. The topological polar surface area (TPSA) is 121 Å². The molecule has 31 heavy (non-hydrogen) atoms. The van der Waals surface area contributed by atoms with Gasteiger partial charge in [-0.3, -0.25) is 0 Å². The number of aliphatic hydroxyl groups excluding tert-OH is 1. The summed E-state index contributed by atoms with van der Waals surface area (Å²) < 4.78 is 7.06. The number of halogens is 2. The SMILES string of the molecule is N#C/C(=C\c1ccc(OCc2ccc(Cl)cc2Cl)cc1)c1nn(CCO)c(N)c1C#N. The van der Waals surface area contributed by atoms with E-state index in [0.29, 0.717) is 21.4 Å². The van der Waals surface area contributed by atoms with Crippen LogP contribution in [0.3, 0.4) is 0 Å². The number of nitrogens with two attached hydrogens (primary N) is 1. The van der Waals surface area contributed by atoms with Gasteiger partial charge in [-0.15, -0.1) is 0 Å². The summed E-state index contributed by atoms with van der Waals surface area (Å²) in [6.45, 7) is 0.217. The molecule has 0 bridgehead atoms. The average Bonchev–Trinajstić information content (AvgIpc) is 3.07. The van der Waals surface area contributed by atoms with E-state index in [4.69, 9.17) is 38.8 Å². The Morgan fingerprint density at radius 3 is 2.55 bits per heavy atom. The fraction of sp³-hybridized carbons (Fsp3) is 0.136. The molecule has 0 saturated carbocycles. The van der Waals surface area contributed by atoms with Crippen LogP contribution in [0.4, 0.5) is 5.82 Å². The van der Waals surface area contributed by atoms with Crippen molar-refractivity contribution in [3.8, 4) is 17.9 Å². The molecule has 1 aromatic heterocycles. The highest BCUT2D eigenvalue weighted by molar-refractivity contribution is 6.35. The summed E-state index contributed by atoms with van der Waals surface area (Å²) >= 11 is 12.1. The van der Waals surface area contributed by atoms with Gasteiger partial charge in [-0.25, -0.2) is 4.68 Å². The predicted molar refractivity (Wildman–Crippen MR) is 119 cm³/mol. The van der Waals surface area contributed by atoms with E-state index in [-0.39, 0.29) is 42.4 Å². The quantitative estimate of drug-likeness (QED) is 0.514. The van der Waals surface area contributed by atoms with Crippen LogP contribution in [0.1, 0.15) is 22.4 Å². The Labute approximate surface area is 189 Å². The number of allylic oxidation sites excluding steroid dienone is 1. The van der Waals surface area contributed by atoms with Gasteiger partial charge in [0.25, 0.3) is 0 Å². The van der Waals surface area contributed by atoms with E-state index in [1.54, 1.807) is 48.5 Å². The molecule has 0 amide bonds. The van der Waals surface area contributed by atoms with Crippen molar-refractivity contribution >= 4 is 40.7 Å². The summed E-state index contributed by atoms with van der Waals surface area (Å²) in [7, 11) is 0. The van der Waals surface area contributed by atoms with Crippen LogP contribution >= 0.6 is 23.2 Å². The molecule has 0 saturated heterocycles. The first kappa shape index (κ1) is 22.2. The first-order valence-electron chi connectivity index (χ1n) is 9.13. The molecule has 0 fully saturated rings. The van der Waals surface area contributed by atoms with Crippen LogP contribution in [-0.2, 0) is 13.2 Å². The standard InChI is InChI=1S/C22H17Cl2N5O2/c23-17-4-3-15(20(24)10-17)13-31-18-5-1-14(2-6-18)9-16(11-25)21-19(12-26)22(27)29(28-21)7-8-30/h1-6,9-10,30H,7-8,13,27H2/b16-9+. The molecule has 0 aliphatic rings. The van der Waals surface area contributed by atoms with Crippen molar-refractivity contribution in [3.63, 3.8) is 0 Å². The van der Waals surface area contributed by atoms with Gasteiger partial charge in [-0.05, 0) is 35.9 Å². The Morgan fingerprint density at radius 1 is 1.19 bits per heavy atom. The van der Waals surface area contributed by atoms with Crippen LogP contribution in [0.25, 0.3) is 11.6 Å². The minimum absolute atomic E-state index is 0.0982. The summed E-state index contributed by atoms with van der Waals surface area (Å²) in [6, 6.07) is 16.3. The van der Waals surface area contributed by atoms with Crippen molar-refractivity contribution < 1.29 is 9.84 Å². The number of rotatable bonds is 7. The van der Waals surface area contributed by atoms with E-state index in [9.17, 15) is 10.5 Å². The maximum absolute atomic E-state index is 9.59. The molecule has 2 aromatic carbocycles. The van der Waals surface area contributed by atoms with Crippen LogP contribution in [0.5, 0.6) is 5.75 Å². The van der Waals surface area contributed by atoms with Gasteiger partial charge in [0.15, 0.2) is 0 Å². The molecule has 3 rings (SSSR count). The normalized spacial score (nSPS) is 11.1. The van der Waals surface area contributed by atoms with E-state index in [1.165, 1.54) is 4.68 Å². The van der Waals surface area contributed by atoms with E-state index in [0.717, 1.165) is 5.56 Å². The molecule has 0 unspecified atom stereocenters. The second-order valence-electron chi connectivity index (χ2n) is 6.43. The van der Waals surface area contributed by atoms with E-state index in [1.807, 2.05) is 6.07 Å².